The second kappa shape index (κ2) is 5.58. The van der Waals surface area contributed by atoms with Gasteiger partial charge >= 0.3 is 0 Å². The van der Waals surface area contributed by atoms with Crippen LogP contribution in [0.5, 0.6) is 0 Å². The van der Waals surface area contributed by atoms with Gasteiger partial charge in [-0.3, -0.25) is 4.79 Å². The third-order valence-electron chi connectivity index (χ3n) is 6.81. The molecule has 0 unspecified atom stereocenters. The molecule has 4 nitrogen and oxygen atoms in total. The highest BCUT2D eigenvalue weighted by Gasteiger charge is 2.41. The molecule has 1 aromatic rings. The molecule has 2 saturated carbocycles. The van der Waals surface area contributed by atoms with Gasteiger partial charge in [0.05, 0.1) is 0 Å². The zero-order valence-corrected chi connectivity index (χ0v) is 14.8. The maximum Gasteiger partial charge on any atom is 0.250 e. The Morgan fingerprint density at radius 1 is 1.08 bits per heavy atom. The molecule has 4 bridgehead atoms. The van der Waals surface area contributed by atoms with Crippen LogP contribution < -0.4 is 10.9 Å². The molecule has 5 heteroatoms. The lowest BCUT2D eigenvalue weighted by atomic mass is 9.83. The van der Waals surface area contributed by atoms with Crippen molar-refractivity contribution in [1.82, 2.24) is 14.8 Å². The van der Waals surface area contributed by atoms with Gasteiger partial charge in [0.25, 0.3) is 5.56 Å². The van der Waals surface area contributed by atoms with E-state index in [9.17, 15) is 4.79 Å². The second-order valence-electron chi connectivity index (χ2n) is 8.33. The molecular weight excluding hydrogens is 318 g/mol. The summed E-state index contributed by atoms with van der Waals surface area (Å²) in [5.41, 5.74) is 1.35. The van der Waals surface area contributed by atoms with E-state index in [2.05, 4.69) is 16.3 Å². The van der Waals surface area contributed by atoms with Gasteiger partial charge in [0.2, 0.25) is 0 Å². The summed E-state index contributed by atoms with van der Waals surface area (Å²) in [6.07, 6.45) is 6.71. The number of rotatable bonds is 1. The fraction of sp³-hybridized carbons (Fsp3) is 0.684. The standard InChI is InChI=1S/C19H25N3OS/c23-18-3-1-2-17-15-7-13(10-22(17)18)9-21(11-15)19(24)20-16-8-12-4-5-14(16)6-12/h1-3,12-16H,4-11H2,(H,20,24)/t12-,13+,14-,15-,16+/m1/s1. The third-order valence-corrected chi connectivity index (χ3v) is 7.19. The average molecular weight is 343 g/mol. The van der Waals surface area contributed by atoms with Crippen molar-refractivity contribution in [3.05, 3.63) is 34.2 Å². The zero-order valence-electron chi connectivity index (χ0n) is 14.0. The van der Waals surface area contributed by atoms with E-state index in [1.165, 1.54) is 37.8 Å². The SMILES string of the molecule is O=c1cccc2n1C[C@H]1C[C@@H]2CN(C(=S)N[C@H]2C[C@@H]3CC[C@@H]2C3)C1. The molecular formula is C19H25N3OS. The van der Waals surface area contributed by atoms with E-state index < -0.39 is 0 Å². The molecule has 3 fully saturated rings. The second-order valence-corrected chi connectivity index (χ2v) is 8.72. The molecule has 0 aromatic carbocycles. The molecule has 24 heavy (non-hydrogen) atoms. The van der Waals surface area contributed by atoms with Gasteiger partial charge in [-0.05, 0) is 61.7 Å². The van der Waals surface area contributed by atoms with E-state index in [0.717, 1.165) is 36.6 Å². The number of fused-ring (bicyclic) bond motifs is 6. The number of nitrogens with zero attached hydrogens (tertiary/aromatic N) is 2. The van der Waals surface area contributed by atoms with Crippen molar-refractivity contribution in [2.75, 3.05) is 13.1 Å². The first-order valence-electron chi connectivity index (χ1n) is 9.42. The van der Waals surface area contributed by atoms with Crippen LogP contribution in [0.4, 0.5) is 0 Å². The Hall–Kier alpha value is -1.36. The number of hydrogen-bond acceptors (Lipinski definition) is 2. The number of thiocarbonyl (C=S) groups is 1. The quantitative estimate of drug-likeness (QED) is 0.794. The van der Waals surface area contributed by atoms with Crippen LogP contribution in [0.15, 0.2) is 23.0 Å². The van der Waals surface area contributed by atoms with Crippen LogP contribution in [-0.2, 0) is 6.54 Å². The monoisotopic (exact) mass is 343 g/mol. The smallest absolute Gasteiger partial charge is 0.250 e. The summed E-state index contributed by atoms with van der Waals surface area (Å²) >= 11 is 5.77. The highest BCUT2D eigenvalue weighted by molar-refractivity contribution is 7.80. The highest BCUT2D eigenvalue weighted by atomic mass is 32.1. The third kappa shape index (κ3) is 2.40. The molecule has 4 aliphatic rings. The van der Waals surface area contributed by atoms with Gasteiger partial charge in [0, 0.05) is 43.4 Å². The Morgan fingerprint density at radius 3 is 2.79 bits per heavy atom. The normalized spacial score (nSPS) is 36.5. The summed E-state index contributed by atoms with van der Waals surface area (Å²) < 4.78 is 1.99. The van der Waals surface area contributed by atoms with Gasteiger partial charge in [-0.25, -0.2) is 0 Å². The Balaban J connectivity index is 1.31. The molecule has 5 rings (SSSR count). The lowest BCUT2D eigenvalue weighted by molar-refractivity contribution is 0.175. The number of nitrogens with one attached hydrogen (secondary N) is 1. The van der Waals surface area contributed by atoms with Crippen LogP contribution in [0, 0.1) is 17.8 Å². The lowest BCUT2D eigenvalue weighted by Crippen LogP contribution is -2.54. The van der Waals surface area contributed by atoms with Crippen LogP contribution in [-0.4, -0.2) is 33.7 Å². The fourth-order valence-corrected chi connectivity index (χ4v) is 6.03. The molecule has 5 atom stereocenters. The van der Waals surface area contributed by atoms with Crippen LogP contribution in [0.1, 0.15) is 43.7 Å². The molecule has 1 saturated heterocycles. The Bertz CT molecular complexity index is 730. The van der Waals surface area contributed by atoms with E-state index in [4.69, 9.17) is 12.2 Å². The Kier molecular flexibility index (Phi) is 3.47. The highest BCUT2D eigenvalue weighted by Crippen LogP contribution is 2.44. The molecule has 2 aliphatic heterocycles. The van der Waals surface area contributed by atoms with E-state index in [1.807, 2.05) is 10.6 Å². The maximum atomic E-state index is 12.1. The van der Waals surface area contributed by atoms with Crippen molar-refractivity contribution < 1.29 is 0 Å². The first kappa shape index (κ1) is 14.9. The fourth-order valence-electron chi connectivity index (χ4n) is 5.73. The summed E-state index contributed by atoms with van der Waals surface area (Å²) in [4.78, 5) is 14.5. The van der Waals surface area contributed by atoms with E-state index in [1.54, 1.807) is 6.07 Å². The summed E-state index contributed by atoms with van der Waals surface area (Å²) in [7, 11) is 0. The Morgan fingerprint density at radius 2 is 2.00 bits per heavy atom. The molecule has 0 radical (unpaired) electrons. The van der Waals surface area contributed by atoms with Gasteiger partial charge in [-0.15, -0.1) is 0 Å². The number of piperidine rings is 1. The van der Waals surface area contributed by atoms with Gasteiger partial charge in [0.15, 0.2) is 5.11 Å². The topological polar surface area (TPSA) is 37.3 Å². The number of hydrogen-bond donors (Lipinski definition) is 1. The molecule has 3 heterocycles. The largest absolute Gasteiger partial charge is 0.360 e. The van der Waals surface area contributed by atoms with E-state index in [-0.39, 0.29) is 5.56 Å². The maximum absolute atomic E-state index is 12.1. The summed E-state index contributed by atoms with van der Waals surface area (Å²) in [5.74, 6) is 2.76. The van der Waals surface area contributed by atoms with Crippen molar-refractivity contribution in [1.29, 1.82) is 0 Å². The van der Waals surface area contributed by atoms with E-state index >= 15 is 0 Å². The molecule has 0 spiro atoms. The molecule has 128 valence electrons. The molecule has 1 aromatic heterocycles. The summed E-state index contributed by atoms with van der Waals surface area (Å²) in [5, 5.41) is 4.65. The minimum atomic E-state index is 0.151. The number of aromatic nitrogens is 1. The molecule has 2 aliphatic carbocycles. The van der Waals surface area contributed by atoms with Gasteiger partial charge in [-0.1, -0.05) is 12.5 Å². The minimum Gasteiger partial charge on any atom is -0.360 e. The van der Waals surface area contributed by atoms with Crippen molar-refractivity contribution in [2.24, 2.45) is 17.8 Å². The van der Waals surface area contributed by atoms with Crippen molar-refractivity contribution in [3.63, 3.8) is 0 Å². The predicted molar refractivity (Wildman–Crippen MR) is 98.1 cm³/mol. The van der Waals surface area contributed by atoms with Crippen molar-refractivity contribution in [2.45, 2.75) is 50.6 Å². The first-order chi connectivity index (χ1) is 11.7. The van der Waals surface area contributed by atoms with Crippen molar-refractivity contribution in [3.8, 4) is 0 Å². The van der Waals surface area contributed by atoms with Crippen LogP contribution >= 0.6 is 12.2 Å². The Labute approximate surface area is 148 Å². The first-order valence-corrected chi connectivity index (χ1v) is 9.83. The summed E-state index contributed by atoms with van der Waals surface area (Å²) in [6, 6.07) is 6.31. The van der Waals surface area contributed by atoms with Crippen LogP contribution in [0.3, 0.4) is 0 Å². The lowest BCUT2D eigenvalue weighted by Gasteiger charge is -2.44. The number of pyridine rings is 1. The minimum absolute atomic E-state index is 0.151. The predicted octanol–water partition coefficient (Wildman–Crippen LogP) is 2.33. The van der Waals surface area contributed by atoms with Gasteiger partial charge in [0.1, 0.15) is 0 Å². The summed E-state index contributed by atoms with van der Waals surface area (Å²) in [6.45, 7) is 2.79. The van der Waals surface area contributed by atoms with Crippen molar-refractivity contribution >= 4 is 17.3 Å². The van der Waals surface area contributed by atoms with E-state index in [0.29, 0.717) is 17.9 Å². The van der Waals surface area contributed by atoms with Crippen LogP contribution in [0.25, 0.3) is 0 Å². The van der Waals surface area contributed by atoms with Gasteiger partial charge in [-0.2, -0.15) is 0 Å². The zero-order chi connectivity index (χ0) is 16.3. The van der Waals surface area contributed by atoms with Crippen LogP contribution in [0.2, 0.25) is 0 Å². The van der Waals surface area contributed by atoms with Gasteiger partial charge < -0.3 is 14.8 Å². The number of likely N-dealkylation sites (tertiary alicyclic amines) is 1. The molecule has 1 N–H and O–H groups in total. The molecule has 0 amide bonds. The average Bonchev–Trinajstić information content (AvgIpc) is 3.18.